The van der Waals surface area contributed by atoms with Crippen LogP contribution in [-0.2, 0) is 28.2 Å². The molecule has 0 spiro atoms. The summed E-state index contributed by atoms with van der Waals surface area (Å²) in [6.07, 6.45) is 45.8. The maximum absolute atomic E-state index is 12.4. The summed E-state index contributed by atoms with van der Waals surface area (Å²) in [5.74, 6) is -0.165. The molecule has 0 saturated heterocycles. The normalized spacial score (nSPS) is 13.5. The standard InChI is InChI=1S/C47H85O9P/c1-4-5-6-7-8-19-23-27-32-37-44(48)38-33-28-25-30-35-40-47(50)56-45(42-55-57(51,52)53)41-54-46(49)39-34-29-24-21-18-16-14-12-10-9-11-13-15-17-20-22-26-31-36-43(2)3/h8,19,25,27-28,32-33,38,43-45,48H,4-7,9-18,20-24,26,29-31,34-37,39-42H2,1-3H3,(H2,51,52,53)/b19-8-,28-25+,32-27-,38-33-/t44?,45-/m1/s1. The molecular weight excluding hydrogens is 739 g/mol. The molecule has 0 amide bonds. The van der Waals surface area contributed by atoms with Crippen molar-refractivity contribution in [1.29, 1.82) is 0 Å². The van der Waals surface area contributed by atoms with Crippen LogP contribution in [0.1, 0.15) is 207 Å². The second-order valence-electron chi connectivity index (χ2n) is 16.1. The Bertz CT molecular complexity index is 1090. The molecule has 57 heavy (non-hydrogen) atoms. The number of rotatable bonds is 41. The van der Waals surface area contributed by atoms with Crippen LogP contribution in [0.5, 0.6) is 0 Å². The first-order chi connectivity index (χ1) is 27.5. The van der Waals surface area contributed by atoms with Crippen LogP contribution < -0.4 is 0 Å². The minimum absolute atomic E-state index is 0.0773. The van der Waals surface area contributed by atoms with E-state index < -0.39 is 38.6 Å². The fourth-order valence-electron chi connectivity index (χ4n) is 6.40. The average molecular weight is 825 g/mol. The zero-order valence-electron chi connectivity index (χ0n) is 36.5. The molecule has 9 nitrogen and oxygen atoms in total. The largest absolute Gasteiger partial charge is 0.469 e. The molecule has 332 valence electrons. The predicted molar refractivity (Wildman–Crippen MR) is 236 cm³/mol. The first kappa shape index (κ1) is 55.0. The van der Waals surface area contributed by atoms with E-state index in [1.807, 2.05) is 18.2 Å². The van der Waals surface area contributed by atoms with E-state index >= 15 is 0 Å². The molecule has 2 atom stereocenters. The van der Waals surface area contributed by atoms with Crippen molar-refractivity contribution in [3.63, 3.8) is 0 Å². The van der Waals surface area contributed by atoms with E-state index in [0.717, 1.165) is 38.0 Å². The SMILES string of the molecule is CCCCC/C=C\C/C=C\CC(O)/C=C\C=C\CCCC(=O)O[C@H](COC(=O)CCCCCCCCCCCCCCCCCCCCC(C)C)COP(=O)(O)O. The number of phosphoric acid groups is 1. The van der Waals surface area contributed by atoms with Crippen molar-refractivity contribution in [3.8, 4) is 0 Å². The molecule has 0 fully saturated rings. The monoisotopic (exact) mass is 825 g/mol. The molecule has 0 bridgehead atoms. The van der Waals surface area contributed by atoms with Gasteiger partial charge in [0, 0.05) is 12.8 Å². The number of hydrogen-bond acceptors (Lipinski definition) is 7. The molecule has 0 saturated carbocycles. The molecule has 1 unspecified atom stereocenters. The Hall–Kier alpha value is -2.03. The van der Waals surface area contributed by atoms with E-state index in [-0.39, 0.29) is 19.4 Å². The summed E-state index contributed by atoms with van der Waals surface area (Å²) in [7, 11) is -4.79. The van der Waals surface area contributed by atoms with Crippen LogP contribution in [0, 0.1) is 5.92 Å². The van der Waals surface area contributed by atoms with Crippen LogP contribution in [0.25, 0.3) is 0 Å². The lowest BCUT2D eigenvalue weighted by atomic mass is 10.0. The zero-order valence-corrected chi connectivity index (χ0v) is 37.4. The van der Waals surface area contributed by atoms with Crippen molar-refractivity contribution in [3.05, 3.63) is 48.6 Å². The molecule has 0 aromatic heterocycles. The highest BCUT2D eigenvalue weighted by Crippen LogP contribution is 2.36. The predicted octanol–water partition coefficient (Wildman–Crippen LogP) is 13.1. The molecular formula is C47H85O9P. The zero-order chi connectivity index (χ0) is 42.1. The molecule has 0 aromatic rings. The first-order valence-corrected chi connectivity index (χ1v) is 24.4. The molecule has 0 aliphatic heterocycles. The van der Waals surface area contributed by atoms with Gasteiger partial charge >= 0.3 is 19.8 Å². The number of allylic oxidation sites excluding steroid dienone is 6. The van der Waals surface area contributed by atoms with Crippen molar-refractivity contribution < 1.29 is 43.0 Å². The van der Waals surface area contributed by atoms with Crippen molar-refractivity contribution in [2.75, 3.05) is 13.2 Å². The fourth-order valence-corrected chi connectivity index (χ4v) is 6.76. The van der Waals surface area contributed by atoms with E-state index in [2.05, 4.69) is 43.5 Å². The molecule has 10 heteroatoms. The first-order valence-electron chi connectivity index (χ1n) is 22.9. The van der Waals surface area contributed by atoms with Gasteiger partial charge in [-0.05, 0) is 50.9 Å². The summed E-state index contributed by atoms with van der Waals surface area (Å²) in [5.41, 5.74) is 0. The van der Waals surface area contributed by atoms with Crippen LogP contribution in [0.15, 0.2) is 48.6 Å². The summed E-state index contributed by atoms with van der Waals surface area (Å²) < 4.78 is 26.3. The third-order valence-corrected chi connectivity index (χ3v) is 10.3. The third kappa shape index (κ3) is 44.9. The van der Waals surface area contributed by atoms with Crippen LogP contribution in [0.2, 0.25) is 0 Å². The number of aliphatic hydroxyl groups is 1. The number of carbonyl (C=O) groups is 2. The van der Waals surface area contributed by atoms with E-state index in [0.29, 0.717) is 25.7 Å². The molecule has 3 N–H and O–H groups in total. The van der Waals surface area contributed by atoms with Crippen LogP contribution in [-0.4, -0.2) is 52.3 Å². The number of esters is 2. The van der Waals surface area contributed by atoms with Gasteiger partial charge in [-0.25, -0.2) is 4.57 Å². The third-order valence-electron chi connectivity index (χ3n) is 9.86. The summed E-state index contributed by atoms with van der Waals surface area (Å²) in [6, 6.07) is 0. The van der Waals surface area contributed by atoms with E-state index in [1.54, 1.807) is 12.2 Å². The number of carbonyl (C=O) groups excluding carboxylic acids is 2. The number of aliphatic hydroxyl groups excluding tert-OH is 1. The van der Waals surface area contributed by atoms with Crippen LogP contribution >= 0.6 is 7.82 Å². The summed E-state index contributed by atoms with van der Waals surface area (Å²) in [4.78, 5) is 42.9. The van der Waals surface area contributed by atoms with Crippen molar-refractivity contribution in [1.82, 2.24) is 0 Å². The number of ether oxygens (including phenoxy) is 2. The summed E-state index contributed by atoms with van der Waals surface area (Å²) in [5, 5.41) is 10.1. The highest BCUT2D eigenvalue weighted by atomic mass is 31.2. The summed E-state index contributed by atoms with van der Waals surface area (Å²) in [6.45, 7) is 5.91. The highest BCUT2D eigenvalue weighted by molar-refractivity contribution is 7.46. The molecule has 0 aliphatic rings. The Balaban J connectivity index is 4.00. The Morgan fingerprint density at radius 2 is 1.12 bits per heavy atom. The number of phosphoric ester groups is 1. The van der Waals surface area contributed by atoms with Crippen molar-refractivity contribution in [2.45, 2.75) is 219 Å². The molecule has 0 heterocycles. The van der Waals surface area contributed by atoms with Gasteiger partial charge in [-0.2, -0.15) is 0 Å². The van der Waals surface area contributed by atoms with Gasteiger partial charge in [0.15, 0.2) is 6.10 Å². The Kier molecular flexibility index (Phi) is 39.3. The van der Waals surface area contributed by atoms with Gasteiger partial charge in [-0.3, -0.25) is 14.1 Å². The van der Waals surface area contributed by atoms with Gasteiger partial charge in [0.2, 0.25) is 0 Å². The van der Waals surface area contributed by atoms with Crippen molar-refractivity contribution >= 4 is 19.8 Å². The topological polar surface area (TPSA) is 140 Å². The van der Waals surface area contributed by atoms with Crippen LogP contribution in [0.4, 0.5) is 0 Å². The van der Waals surface area contributed by atoms with Gasteiger partial charge in [0.25, 0.3) is 0 Å². The number of unbranched alkanes of at least 4 members (excludes halogenated alkanes) is 21. The van der Waals surface area contributed by atoms with Gasteiger partial charge in [0.05, 0.1) is 12.7 Å². The molecule has 0 aliphatic carbocycles. The van der Waals surface area contributed by atoms with E-state index in [1.165, 1.54) is 116 Å². The van der Waals surface area contributed by atoms with Gasteiger partial charge in [0.1, 0.15) is 6.61 Å². The fraction of sp³-hybridized carbons (Fsp3) is 0.787. The molecule has 0 aromatic carbocycles. The van der Waals surface area contributed by atoms with Crippen LogP contribution in [0.3, 0.4) is 0 Å². The molecule has 0 radical (unpaired) electrons. The smallest absolute Gasteiger partial charge is 0.462 e. The lowest BCUT2D eigenvalue weighted by molar-refractivity contribution is -0.161. The second-order valence-corrected chi connectivity index (χ2v) is 17.3. The maximum Gasteiger partial charge on any atom is 0.469 e. The van der Waals surface area contributed by atoms with Gasteiger partial charge in [-0.15, -0.1) is 0 Å². The molecule has 0 rings (SSSR count). The minimum Gasteiger partial charge on any atom is -0.462 e. The highest BCUT2D eigenvalue weighted by Gasteiger charge is 2.22. The van der Waals surface area contributed by atoms with E-state index in [9.17, 15) is 19.3 Å². The number of hydrogen-bond donors (Lipinski definition) is 3. The Labute approximate surface area is 348 Å². The minimum atomic E-state index is -4.79. The van der Waals surface area contributed by atoms with Gasteiger partial charge in [-0.1, -0.05) is 198 Å². The second kappa shape index (κ2) is 40.7. The van der Waals surface area contributed by atoms with Crippen molar-refractivity contribution in [2.24, 2.45) is 5.92 Å². The van der Waals surface area contributed by atoms with Gasteiger partial charge < -0.3 is 24.4 Å². The average Bonchev–Trinajstić information content (AvgIpc) is 3.16. The Morgan fingerprint density at radius 1 is 0.596 bits per heavy atom. The lowest BCUT2D eigenvalue weighted by Gasteiger charge is -2.18. The summed E-state index contributed by atoms with van der Waals surface area (Å²) >= 11 is 0. The van der Waals surface area contributed by atoms with E-state index in [4.69, 9.17) is 19.3 Å². The lowest BCUT2D eigenvalue weighted by Crippen LogP contribution is -2.29. The quantitative estimate of drug-likeness (QED) is 0.0181. The Morgan fingerprint density at radius 3 is 1.68 bits per heavy atom. The maximum atomic E-state index is 12.4.